The lowest BCUT2D eigenvalue weighted by atomic mass is 10.1. The Kier molecular flexibility index (Phi) is 6.86. The lowest BCUT2D eigenvalue weighted by molar-refractivity contribution is -0.137. The van der Waals surface area contributed by atoms with E-state index in [-0.39, 0.29) is 31.9 Å². The van der Waals surface area contributed by atoms with Gasteiger partial charge in [0, 0.05) is 30.5 Å². The Morgan fingerprint density at radius 1 is 1.09 bits per heavy atom. The quantitative estimate of drug-likeness (QED) is 0.375. The van der Waals surface area contributed by atoms with Gasteiger partial charge in [-0.1, -0.05) is 36.8 Å². The fraction of sp³-hybridized carbons (Fsp3) is 0.308. The number of furan rings is 1. The molecule has 2 aromatic carbocycles. The number of anilines is 2. The predicted octanol–water partition coefficient (Wildman–Crippen LogP) is 3.99. The number of aromatic nitrogens is 3. The van der Waals surface area contributed by atoms with E-state index in [0.29, 0.717) is 5.69 Å². The molecule has 0 spiro atoms. The van der Waals surface area contributed by atoms with E-state index in [4.69, 9.17) is 9.52 Å². The normalized spacial score (nSPS) is 11.2. The van der Waals surface area contributed by atoms with Crippen molar-refractivity contribution in [1.82, 2.24) is 14.1 Å². The van der Waals surface area contributed by atoms with Crippen LogP contribution in [-0.4, -0.2) is 25.2 Å². The largest absolute Gasteiger partial charge is 0.481 e. The number of hydrogen-bond acceptors (Lipinski definition) is 6. The van der Waals surface area contributed by atoms with Gasteiger partial charge in [-0.2, -0.15) is 4.98 Å². The molecule has 0 unspecified atom stereocenters. The van der Waals surface area contributed by atoms with Gasteiger partial charge in [0.2, 0.25) is 5.95 Å². The topological polar surface area (TPSA) is 119 Å². The molecule has 0 aliphatic heterocycles. The van der Waals surface area contributed by atoms with Crippen LogP contribution in [0, 0.1) is 13.8 Å². The molecule has 0 amide bonds. The first-order valence-corrected chi connectivity index (χ1v) is 11.5. The number of aliphatic carboxylic acids is 1. The summed E-state index contributed by atoms with van der Waals surface area (Å²) < 4.78 is 8.27. The summed E-state index contributed by atoms with van der Waals surface area (Å²) in [6, 6.07) is 13.3. The Morgan fingerprint density at radius 3 is 2.51 bits per heavy atom. The molecule has 0 aliphatic carbocycles. The van der Waals surface area contributed by atoms with Crippen molar-refractivity contribution in [2.75, 3.05) is 5.32 Å². The number of benzene rings is 2. The number of carbonyl (C=O) groups is 1. The molecule has 0 radical (unpaired) electrons. The molecule has 0 saturated carbocycles. The van der Waals surface area contributed by atoms with E-state index >= 15 is 0 Å². The van der Waals surface area contributed by atoms with Crippen molar-refractivity contribution < 1.29 is 14.3 Å². The molecular weight excluding hydrogens is 448 g/mol. The van der Waals surface area contributed by atoms with Gasteiger partial charge in [0.25, 0.3) is 0 Å². The number of hydrogen-bond donors (Lipinski definition) is 2. The van der Waals surface area contributed by atoms with Gasteiger partial charge in [0.05, 0.1) is 6.54 Å². The second-order valence-corrected chi connectivity index (χ2v) is 8.56. The monoisotopic (exact) mass is 476 g/mol. The van der Waals surface area contributed by atoms with Crippen molar-refractivity contribution in [3.63, 3.8) is 0 Å². The Hall–Kier alpha value is -4.14. The zero-order valence-corrected chi connectivity index (χ0v) is 20.0. The molecule has 0 fully saturated rings. The maximum Gasteiger partial charge on any atom is 0.354 e. The van der Waals surface area contributed by atoms with Crippen molar-refractivity contribution in [1.29, 1.82) is 0 Å². The average Bonchev–Trinajstić information content (AvgIpc) is 3.14. The molecule has 4 rings (SSSR count). The molecule has 0 aliphatic rings. The van der Waals surface area contributed by atoms with Crippen molar-refractivity contribution in [2.45, 2.75) is 53.1 Å². The van der Waals surface area contributed by atoms with E-state index in [0.717, 1.165) is 44.4 Å². The minimum atomic E-state index is -0.986. The second kappa shape index (κ2) is 10.0. The molecule has 0 saturated heterocycles. The van der Waals surface area contributed by atoms with Crippen LogP contribution in [-0.2, 0) is 24.3 Å². The second-order valence-electron chi connectivity index (χ2n) is 8.56. The van der Waals surface area contributed by atoms with Gasteiger partial charge < -0.3 is 14.8 Å². The van der Waals surface area contributed by atoms with E-state index in [2.05, 4.69) is 10.3 Å². The first kappa shape index (κ1) is 24.0. The van der Waals surface area contributed by atoms with Gasteiger partial charge in [-0.25, -0.2) is 14.2 Å². The molecular formula is C26H28N4O5. The fourth-order valence-corrected chi connectivity index (χ4v) is 4.04. The molecule has 35 heavy (non-hydrogen) atoms. The molecule has 4 aromatic rings. The summed E-state index contributed by atoms with van der Waals surface area (Å²) in [7, 11) is 0. The molecule has 0 atom stereocenters. The van der Waals surface area contributed by atoms with Crippen LogP contribution in [0.15, 0.2) is 56.5 Å². The Labute approximate surface area is 201 Å². The highest BCUT2D eigenvalue weighted by Gasteiger charge is 2.16. The lowest BCUT2D eigenvalue weighted by Gasteiger charge is -2.16. The number of carboxylic acids is 1. The van der Waals surface area contributed by atoms with Gasteiger partial charge in [-0.3, -0.25) is 9.36 Å². The van der Waals surface area contributed by atoms with Crippen LogP contribution in [0.1, 0.15) is 42.2 Å². The zero-order valence-electron chi connectivity index (χ0n) is 20.0. The lowest BCUT2D eigenvalue weighted by Crippen LogP contribution is -2.42. The maximum atomic E-state index is 13.3. The summed E-state index contributed by atoms with van der Waals surface area (Å²) in [5.74, 6) is 0.0437. The summed E-state index contributed by atoms with van der Waals surface area (Å²) >= 11 is 0. The summed E-state index contributed by atoms with van der Waals surface area (Å²) in [6.07, 6.45) is 0.786. The van der Waals surface area contributed by atoms with E-state index in [1.54, 1.807) is 0 Å². The minimum Gasteiger partial charge on any atom is -0.481 e. The molecule has 9 nitrogen and oxygen atoms in total. The third-order valence-corrected chi connectivity index (χ3v) is 6.00. The summed E-state index contributed by atoms with van der Waals surface area (Å²) in [4.78, 5) is 41.1. The smallest absolute Gasteiger partial charge is 0.354 e. The van der Waals surface area contributed by atoms with Gasteiger partial charge in [0.1, 0.15) is 11.3 Å². The van der Waals surface area contributed by atoms with Gasteiger partial charge in [0.15, 0.2) is 0 Å². The maximum absolute atomic E-state index is 13.3. The number of fused-ring (bicyclic) bond motifs is 1. The van der Waals surface area contributed by atoms with E-state index in [1.807, 2.05) is 63.2 Å². The van der Waals surface area contributed by atoms with Crippen LogP contribution in [0.5, 0.6) is 0 Å². The van der Waals surface area contributed by atoms with E-state index in [9.17, 15) is 14.4 Å². The predicted molar refractivity (Wildman–Crippen MR) is 134 cm³/mol. The molecule has 0 bridgehead atoms. The van der Waals surface area contributed by atoms with Gasteiger partial charge >= 0.3 is 17.3 Å². The van der Waals surface area contributed by atoms with Crippen LogP contribution in [0.4, 0.5) is 11.6 Å². The Morgan fingerprint density at radius 2 is 1.83 bits per heavy atom. The third-order valence-electron chi connectivity index (χ3n) is 6.00. The summed E-state index contributed by atoms with van der Waals surface area (Å²) in [5.41, 5.74) is 3.16. The molecule has 2 aromatic heterocycles. The summed E-state index contributed by atoms with van der Waals surface area (Å²) in [5, 5.41) is 13.0. The molecule has 9 heteroatoms. The number of nitrogens with one attached hydrogen (secondary N) is 1. The summed E-state index contributed by atoms with van der Waals surface area (Å²) in [6.45, 7) is 6.18. The van der Waals surface area contributed by atoms with Gasteiger partial charge in [-0.15, -0.1) is 0 Å². The number of carboxylic acid groups (broad SMARTS) is 1. The standard InChI is InChI=1S/C26H28N4O5/c1-4-21-17(3)20-14-19(11-12-22(20)35-21)27-24-28-25(33)29(13-5-6-23(31)32)26(34)30(24)15-18-9-7-16(2)8-10-18/h7-12,14H,4-6,13,15H2,1-3H3,(H,31,32)(H,27,28,33). The van der Waals surface area contributed by atoms with Gasteiger partial charge in [-0.05, 0) is 49.6 Å². The minimum absolute atomic E-state index is 0.0227. The van der Waals surface area contributed by atoms with Crippen LogP contribution < -0.4 is 16.7 Å². The van der Waals surface area contributed by atoms with Crippen molar-refractivity contribution in [3.8, 4) is 0 Å². The SMILES string of the molecule is CCc1oc2ccc(Nc3nc(=O)n(CCCC(=O)O)c(=O)n3Cc3ccc(C)cc3)cc2c1C. The van der Waals surface area contributed by atoms with Crippen LogP contribution in [0.2, 0.25) is 0 Å². The first-order chi connectivity index (χ1) is 16.8. The molecule has 2 N–H and O–H groups in total. The van der Waals surface area contributed by atoms with Crippen molar-refractivity contribution in [2.24, 2.45) is 0 Å². The average molecular weight is 477 g/mol. The molecule has 2 heterocycles. The number of rotatable bonds is 9. The molecule has 182 valence electrons. The third kappa shape index (κ3) is 5.18. The number of nitrogens with zero attached hydrogens (tertiary/aromatic N) is 3. The Bertz CT molecular complexity index is 1500. The highest BCUT2D eigenvalue weighted by atomic mass is 16.4. The zero-order chi connectivity index (χ0) is 25.1. The first-order valence-electron chi connectivity index (χ1n) is 11.5. The van der Waals surface area contributed by atoms with E-state index < -0.39 is 17.3 Å². The van der Waals surface area contributed by atoms with Crippen molar-refractivity contribution >= 4 is 28.6 Å². The van der Waals surface area contributed by atoms with Crippen LogP contribution >= 0.6 is 0 Å². The van der Waals surface area contributed by atoms with E-state index in [1.165, 1.54) is 4.57 Å². The highest BCUT2D eigenvalue weighted by Crippen LogP contribution is 2.29. The fourth-order valence-electron chi connectivity index (χ4n) is 4.04. The van der Waals surface area contributed by atoms with Crippen LogP contribution in [0.3, 0.4) is 0 Å². The van der Waals surface area contributed by atoms with Crippen LogP contribution in [0.25, 0.3) is 11.0 Å². The Balaban J connectivity index is 1.75. The van der Waals surface area contributed by atoms with Crippen molar-refractivity contribution in [3.05, 3.63) is 85.9 Å². The highest BCUT2D eigenvalue weighted by molar-refractivity contribution is 5.86. The number of aryl methyl sites for hydroxylation is 3.